The summed E-state index contributed by atoms with van der Waals surface area (Å²) >= 11 is 0. The smallest absolute Gasteiger partial charge is 0.252 e. The summed E-state index contributed by atoms with van der Waals surface area (Å²) in [7, 11) is 0. The number of nitrogens with one attached hydrogen (secondary N) is 1. The average molecular weight is 322 g/mol. The van der Waals surface area contributed by atoms with Gasteiger partial charge in [0.15, 0.2) is 0 Å². The molecular weight excluding hydrogens is 292 g/mol. The Morgan fingerprint density at radius 3 is 2.61 bits per heavy atom. The van der Waals surface area contributed by atoms with E-state index in [0.29, 0.717) is 30.0 Å². The van der Waals surface area contributed by atoms with E-state index in [1.54, 1.807) is 18.2 Å². The molecule has 0 spiro atoms. The van der Waals surface area contributed by atoms with Crippen LogP contribution in [-0.2, 0) is 0 Å². The van der Waals surface area contributed by atoms with E-state index >= 15 is 0 Å². The highest BCUT2D eigenvalue weighted by atomic mass is 16.5. The maximum Gasteiger partial charge on any atom is 0.252 e. The van der Waals surface area contributed by atoms with Crippen LogP contribution in [0.15, 0.2) is 18.2 Å². The van der Waals surface area contributed by atoms with Crippen molar-refractivity contribution >= 4 is 5.91 Å². The number of primary amides is 1. The van der Waals surface area contributed by atoms with E-state index in [2.05, 4.69) is 12.2 Å². The van der Waals surface area contributed by atoms with Gasteiger partial charge in [0.25, 0.3) is 5.91 Å². The predicted molar refractivity (Wildman–Crippen MR) is 92.7 cm³/mol. The first-order valence-corrected chi connectivity index (χ1v) is 8.24. The highest BCUT2D eigenvalue weighted by Crippen LogP contribution is 2.24. The molecule has 0 aliphatic heterocycles. The van der Waals surface area contributed by atoms with Crippen molar-refractivity contribution in [3.8, 4) is 5.75 Å². The molecule has 0 saturated carbocycles. The van der Waals surface area contributed by atoms with Crippen molar-refractivity contribution in [3.05, 3.63) is 29.3 Å². The first-order valence-electron chi connectivity index (χ1n) is 8.24. The molecule has 1 amide bonds. The number of hydrogen-bond donors (Lipinski definition) is 3. The number of β-amino-alcohol motifs (C(OH)–C–C–N with tert-alkyl or cyclic N) is 1. The first-order chi connectivity index (χ1) is 10.7. The number of hydrogen-bond acceptors (Lipinski definition) is 4. The third kappa shape index (κ3) is 7.01. The van der Waals surface area contributed by atoms with Crippen molar-refractivity contribution in [2.75, 3.05) is 13.2 Å². The minimum absolute atomic E-state index is 0.0875. The van der Waals surface area contributed by atoms with E-state index < -0.39 is 12.0 Å². The Morgan fingerprint density at radius 2 is 2.04 bits per heavy atom. The first kappa shape index (κ1) is 19.5. The van der Waals surface area contributed by atoms with E-state index in [4.69, 9.17) is 10.5 Å². The summed E-state index contributed by atoms with van der Waals surface area (Å²) in [6.45, 7) is 9.17. The van der Waals surface area contributed by atoms with Crippen LogP contribution in [0.1, 0.15) is 69.0 Å². The number of carbonyl (C=O) groups excluding carboxylic acids is 1. The van der Waals surface area contributed by atoms with Gasteiger partial charge < -0.3 is 20.9 Å². The van der Waals surface area contributed by atoms with Crippen LogP contribution < -0.4 is 15.8 Å². The zero-order valence-electron chi connectivity index (χ0n) is 14.7. The Bertz CT molecular complexity index is 509. The summed E-state index contributed by atoms with van der Waals surface area (Å²) in [6, 6.07) is 5.10. The fraction of sp³-hybridized carbons (Fsp3) is 0.611. The fourth-order valence-electron chi connectivity index (χ4n) is 2.13. The van der Waals surface area contributed by atoms with Crippen LogP contribution >= 0.6 is 0 Å². The van der Waals surface area contributed by atoms with Gasteiger partial charge in [-0.05, 0) is 44.9 Å². The zero-order chi connectivity index (χ0) is 17.5. The van der Waals surface area contributed by atoms with Gasteiger partial charge in [-0.15, -0.1) is 0 Å². The van der Waals surface area contributed by atoms with E-state index in [-0.39, 0.29) is 5.54 Å². The van der Waals surface area contributed by atoms with Gasteiger partial charge >= 0.3 is 0 Å². The monoisotopic (exact) mass is 322 g/mol. The molecule has 1 rings (SSSR count). The topological polar surface area (TPSA) is 84.6 Å². The van der Waals surface area contributed by atoms with Crippen molar-refractivity contribution in [2.24, 2.45) is 5.73 Å². The Labute approximate surface area is 139 Å². The Balaban J connectivity index is 2.80. The second-order valence-corrected chi connectivity index (χ2v) is 6.82. The molecule has 0 heterocycles. The van der Waals surface area contributed by atoms with Crippen molar-refractivity contribution in [1.29, 1.82) is 0 Å². The van der Waals surface area contributed by atoms with Crippen molar-refractivity contribution in [1.82, 2.24) is 5.32 Å². The van der Waals surface area contributed by atoms with Crippen LogP contribution in [0.2, 0.25) is 0 Å². The Morgan fingerprint density at radius 1 is 1.35 bits per heavy atom. The molecule has 0 radical (unpaired) electrons. The molecule has 130 valence electrons. The number of ether oxygens (including phenoxy) is 1. The third-order valence-corrected chi connectivity index (χ3v) is 3.49. The molecule has 1 atom stereocenters. The molecule has 0 fully saturated rings. The number of rotatable bonds is 9. The molecule has 0 aliphatic carbocycles. The van der Waals surface area contributed by atoms with Gasteiger partial charge in [-0.3, -0.25) is 4.79 Å². The maximum absolute atomic E-state index is 11.6. The van der Waals surface area contributed by atoms with E-state index in [9.17, 15) is 9.90 Å². The Hall–Kier alpha value is -1.59. The summed E-state index contributed by atoms with van der Waals surface area (Å²) < 4.78 is 5.65. The summed E-state index contributed by atoms with van der Waals surface area (Å²) in [5.74, 6) is -0.0679. The minimum Gasteiger partial charge on any atom is -0.493 e. The molecule has 5 heteroatoms. The van der Waals surface area contributed by atoms with Gasteiger partial charge in [0.05, 0.1) is 18.3 Å². The van der Waals surface area contributed by atoms with E-state index in [1.165, 1.54) is 0 Å². The SMILES string of the molecule is CCCCCOc1ccc(C(O)CNC(C)(C)C)cc1C(N)=O. The van der Waals surface area contributed by atoms with Crippen LogP contribution in [0.4, 0.5) is 0 Å². The fourth-order valence-corrected chi connectivity index (χ4v) is 2.13. The molecule has 0 saturated heterocycles. The van der Waals surface area contributed by atoms with Gasteiger partial charge in [-0.1, -0.05) is 25.8 Å². The quantitative estimate of drug-likeness (QED) is 0.610. The largest absolute Gasteiger partial charge is 0.493 e. The highest BCUT2D eigenvalue weighted by molar-refractivity contribution is 5.95. The molecule has 4 N–H and O–H groups in total. The van der Waals surface area contributed by atoms with Gasteiger partial charge in [0.2, 0.25) is 0 Å². The minimum atomic E-state index is -0.707. The lowest BCUT2D eigenvalue weighted by Crippen LogP contribution is -2.38. The lowest BCUT2D eigenvalue weighted by molar-refractivity contribution is 0.0995. The van der Waals surface area contributed by atoms with Gasteiger partial charge in [0.1, 0.15) is 5.75 Å². The number of aliphatic hydroxyl groups is 1. The second kappa shape index (κ2) is 8.89. The molecule has 1 unspecified atom stereocenters. The summed E-state index contributed by atoms with van der Waals surface area (Å²) in [5.41, 5.74) is 6.32. The van der Waals surface area contributed by atoms with Crippen molar-refractivity contribution in [3.63, 3.8) is 0 Å². The number of carbonyl (C=O) groups is 1. The highest BCUT2D eigenvalue weighted by Gasteiger charge is 2.17. The molecule has 0 bridgehead atoms. The molecule has 1 aromatic carbocycles. The molecule has 1 aromatic rings. The summed E-state index contributed by atoms with van der Waals surface area (Å²) in [4.78, 5) is 11.6. The van der Waals surface area contributed by atoms with Crippen molar-refractivity contribution < 1.29 is 14.6 Å². The number of aliphatic hydroxyl groups excluding tert-OH is 1. The standard InChI is InChI=1S/C18H30N2O3/c1-5-6-7-10-23-16-9-8-13(11-14(16)17(19)22)15(21)12-20-18(2,3)4/h8-9,11,15,20-21H,5-7,10,12H2,1-4H3,(H2,19,22). The van der Waals surface area contributed by atoms with Gasteiger partial charge in [-0.25, -0.2) is 0 Å². The molecule has 0 aromatic heterocycles. The van der Waals surface area contributed by atoms with Gasteiger partial charge in [-0.2, -0.15) is 0 Å². The van der Waals surface area contributed by atoms with Crippen molar-refractivity contribution in [2.45, 2.75) is 58.6 Å². The predicted octanol–water partition coefficient (Wildman–Crippen LogP) is 2.78. The van der Waals surface area contributed by atoms with Crippen LogP contribution in [0.3, 0.4) is 0 Å². The normalized spacial score (nSPS) is 12.9. The zero-order valence-corrected chi connectivity index (χ0v) is 14.7. The maximum atomic E-state index is 11.6. The number of unbranched alkanes of at least 4 members (excludes halogenated alkanes) is 2. The molecular formula is C18H30N2O3. The van der Waals surface area contributed by atoms with Crippen LogP contribution in [0, 0.1) is 0 Å². The molecule has 23 heavy (non-hydrogen) atoms. The lowest BCUT2D eigenvalue weighted by atomic mass is 10.0. The van der Waals surface area contributed by atoms with E-state index in [0.717, 1.165) is 19.3 Å². The summed E-state index contributed by atoms with van der Waals surface area (Å²) in [6.07, 6.45) is 2.43. The van der Waals surface area contributed by atoms with Crippen LogP contribution in [0.25, 0.3) is 0 Å². The molecule has 0 aliphatic rings. The summed E-state index contributed by atoms with van der Waals surface area (Å²) in [5, 5.41) is 13.5. The van der Waals surface area contributed by atoms with Crippen LogP contribution in [-0.4, -0.2) is 29.7 Å². The number of benzene rings is 1. The molecule has 5 nitrogen and oxygen atoms in total. The van der Waals surface area contributed by atoms with Crippen LogP contribution in [0.5, 0.6) is 5.75 Å². The Kier molecular flexibility index (Phi) is 7.52. The average Bonchev–Trinajstić information content (AvgIpc) is 2.48. The lowest BCUT2D eigenvalue weighted by Gasteiger charge is -2.23. The third-order valence-electron chi connectivity index (χ3n) is 3.49. The van der Waals surface area contributed by atoms with E-state index in [1.807, 2.05) is 20.8 Å². The number of amides is 1. The van der Waals surface area contributed by atoms with Gasteiger partial charge in [0, 0.05) is 12.1 Å². The number of nitrogens with two attached hydrogens (primary N) is 1. The second-order valence-electron chi connectivity index (χ2n) is 6.82.